The normalized spacial score (nSPS) is 12.1. The van der Waals surface area contributed by atoms with E-state index in [4.69, 9.17) is 0 Å². The summed E-state index contributed by atoms with van der Waals surface area (Å²) < 4.78 is 29.8. The largest absolute Gasteiger partial charge is 0.279 e. The van der Waals surface area contributed by atoms with Crippen LogP contribution >= 0.6 is 0 Å². The molecule has 0 amide bonds. The van der Waals surface area contributed by atoms with Gasteiger partial charge in [0.2, 0.25) is 0 Å². The summed E-state index contributed by atoms with van der Waals surface area (Å²) >= 11 is 0. The van der Waals surface area contributed by atoms with Crippen LogP contribution in [-0.2, 0) is 16.6 Å². The highest BCUT2D eigenvalue weighted by atomic mass is 32.2. The van der Waals surface area contributed by atoms with Gasteiger partial charge in [-0.1, -0.05) is 45.9 Å². The Labute approximate surface area is 138 Å². The van der Waals surface area contributed by atoms with Gasteiger partial charge in [-0.05, 0) is 29.9 Å². The molecule has 0 aliphatic rings. The summed E-state index contributed by atoms with van der Waals surface area (Å²) in [4.78, 5) is 0.188. The molecule has 0 bridgehead atoms. The van der Waals surface area contributed by atoms with E-state index in [1.807, 2.05) is 25.1 Å². The summed E-state index contributed by atoms with van der Waals surface area (Å²) in [6.45, 7) is 10.8. The van der Waals surface area contributed by atoms with Crippen LogP contribution in [0.2, 0.25) is 0 Å². The van der Waals surface area contributed by atoms with Gasteiger partial charge < -0.3 is 0 Å². The average Bonchev–Trinajstić information content (AvgIpc) is 2.96. The first kappa shape index (κ1) is 17.5. The molecule has 2 aromatic rings. The van der Waals surface area contributed by atoms with Gasteiger partial charge in [0.15, 0.2) is 0 Å². The third-order valence-electron chi connectivity index (χ3n) is 3.85. The van der Waals surface area contributed by atoms with Crippen molar-refractivity contribution in [3.05, 3.63) is 41.7 Å². The average molecular weight is 335 g/mol. The van der Waals surface area contributed by atoms with Gasteiger partial charge in [0.05, 0.1) is 11.9 Å². The molecule has 2 rings (SSSR count). The minimum Gasteiger partial charge on any atom is -0.279 e. The van der Waals surface area contributed by atoms with Crippen LogP contribution in [0.15, 0.2) is 35.5 Å². The Bertz CT molecular complexity index is 751. The molecule has 126 valence electrons. The lowest BCUT2D eigenvalue weighted by Gasteiger charge is -2.20. The number of para-hydroxylation sites is 1. The minimum atomic E-state index is -3.65. The Balaban J connectivity index is 2.49. The van der Waals surface area contributed by atoms with E-state index in [2.05, 4.69) is 37.5 Å². The lowest BCUT2D eigenvalue weighted by Crippen LogP contribution is -2.16. The third kappa shape index (κ3) is 3.75. The van der Waals surface area contributed by atoms with Crippen molar-refractivity contribution in [2.45, 2.75) is 57.9 Å². The quantitative estimate of drug-likeness (QED) is 0.869. The Kier molecular flexibility index (Phi) is 5.14. The fourth-order valence-electron chi connectivity index (χ4n) is 2.52. The standard InChI is InChI=1S/C17H25N3O2S/c1-6-20-11-14(10-18-20)23(21,22)19-17-15(12(2)3)8-7-9-16(17)13(4)5/h7-13,19H,6H2,1-5H3. The van der Waals surface area contributed by atoms with E-state index in [9.17, 15) is 8.42 Å². The molecule has 0 aliphatic heterocycles. The zero-order valence-corrected chi connectivity index (χ0v) is 15.2. The van der Waals surface area contributed by atoms with Crippen molar-refractivity contribution in [3.63, 3.8) is 0 Å². The first-order valence-corrected chi connectivity index (χ1v) is 9.42. The fourth-order valence-corrected chi connectivity index (χ4v) is 3.59. The zero-order valence-electron chi connectivity index (χ0n) is 14.4. The van der Waals surface area contributed by atoms with Crippen molar-refractivity contribution in [1.82, 2.24) is 9.78 Å². The molecular formula is C17H25N3O2S. The summed E-state index contributed by atoms with van der Waals surface area (Å²) in [6, 6.07) is 5.94. The maximum Gasteiger partial charge on any atom is 0.265 e. The second-order valence-corrected chi connectivity index (χ2v) is 7.94. The first-order chi connectivity index (χ1) is 10.8. The molecule has 1 aromatic heterocycles. The Morgan fingerprint density at radius 1 is 1.13 bits per heavy atom. The molecular weight excluding hydrogens is 310 g/mol. The number of hydrogen-bond donors (Lipinski definition) is 1. The summed E-state index contributed by atoms with van der Waals surface area (Å²) in [7, 11) is -3.65. The molecule has 1 aromatic carbocycles. The number of nitrogens with zero attached hydrogens (tertiary/aromatic N) is 2. The SMILES string of the molecule is CCn1cc(S(=O)(=O)Nc2c(C(C)C)cccc2C(C)C)cn1. The predicted octanol–water partition coefficient (Wildman–Crippen LogP) is 3.95. The molecule has 23 heavy (non-hydrogen) atoms. The molecule has 5 nitrogen and oxygen atoms in total. The number of nitrogens with one attached hydrogen (secondary N) is 1. The summed E-state index contributed by atoms with van der Waals surface area (Å²) in [5, 5.41) is 4.06. The molecule has 0 radical (unpaired) electrons. The third-order valence-corrected chi connectivity index (χ3v) is 5.16. The second-order valence-electron chi connectivity index (χ2n) is 6.26. The van der Waals surface area contributed by atoms with Gasteiger partial charge in [-0.25, -0.2) is 8.42 Å². The van der Waals surface area contributed by atoms with Crippen molar-refractivity contribution in [2.24, 2.45) is 0 Å². The number of aryl methyl sites for hydroxylation is 1. The molecule has 0 fully saturated rings. The monoisotopic (exact) mass is 335 g/mol. The molecule has 0 spiro atoms. The van der Waals surface area contributed by atoms with Crippen molar-refractivity contribution < 1.29 is 8.42 Å². The molecule has 0 unspecified atom stereocenters. The zero-order chi connectivity index (χ0) is 17.2. The van der Waals surface area contributed by atoms with Crippen LogP contribution in [0.25, 0.3) is 0 Å². The van der Waals surface area contributed by atoms with Gasteiger partial charge in [-0.3, -0.25) is 9.40 Å². The minimum absolute atomic E-state index is 0.188. The number of sulfonamides is 1. The van der Waals surface area contributed by atoms with E-state index in [1.165, 1.54) is 6.20 Å². The number of aromatic nitrogens is 2. The van der Waals surface area contributed by atoms with E-state index in [-0.39, 0.29) is 16.7 Å². The van der Waals surface area contributed by atoms with Crippen LogP contribution in [0.3, 0.4) is 0 Å². The molecule has 6 heteroatoms. The topological polar surface area (TPSA) is 64.0 Å². The van der Waals surface area contributed by atoms with Gasteiger partial charge in [0.25, 0.3) is 10.0 Å². The molecule has 0 atom stereocenters. The van der Waals surface area contributed by atoms with Crippen LogP contribution in [0, 0.1) is 0 Å². The van der Waals surface area contributed by atoms with Crippen LogP contribution in [0.1, 0.15) is 57.6 Å². The molecule has 0 aliphatic carbocycles. The number of anilines is 1. The number of hydrogen-bond acceptors (Lipinski definition) is 3. The molecule has 0 saturated heterocycles. The predicted molar refractivity (Wildman–Crippen MR) is 93.3 cm³/mol. The lowest BCUT2D eigenvalue weighted by molar-refractivity contribution is 0.600. The van der Waals surface area contributed by atoms with Gasteiger partial charge in [0.1, 0.15) is 4.90 Å². The van der Waals surface area contributed by atoms with Crippen molar-refractivity contribution >= 4 is 15.7 Å². The highest BCUT2D eigenvalue weighted by Crippen LogP contribution is 2.33. The van der Waals surface area contributed by atoms with Gasteiger partial charge >= 0.3 is 0 Å². The molecule has 0 saturated carbocycles. The van der Waals surface area contributed by atoms with E-state index in [0.29, 0.717) is 12.2 Å². The lowest BCUT2D eigenvalue weighted by atomic mass is 9.93. The second kappa shape index (κ2) is 6.74. The molecule has 1 N–H and O–H groups in total. The van der Waals surface area contributed by atoms with Crippen LogP contribution < -0.4 is 4.72 Å². The first-order valence-electron chi connectivity index (χ1n) is 7.94. The number of benzene rings is 1. The van der Waals surface area contributed by atoms with E-state index in [0.717, 1.165) is 11.1 Å². The number of rotatable bonds is 6. The van der Waals surface area contributed by atoms with Crippen molar-refractivity contribution in [3.8, 4) is 0 Å². The van der Waals surface area contributed by atoms with Gasteiger partial charge in [-0.2, -0.15) is 5.10 Å². The smallest absolute Gasteiger partial charge is 0.265 e. The van der Waals surface area contributed by atoms with Gasteiger partial charge in [0, 0.05) is 12.7 Å². The van der Waals surface area contributed by atoms with Crippen LogP contribution in [0.4, 0.5) is 5.69 Å². The van der Waals surface area contributed by atoms with Gasteiger partial charge in [-0.15, -0.1) is 0 Å². The Morgan fingerprint density at radius 2 is 1.70 bits per heavy atom. The van der Waals surface area contributed by atoms with Crippen molar-refractivity contribution in [1.29, 1.82) is 0 Å². The Morgan fingerprint density at radius 3 is 2.13 bits per heavy atom. The summed E-state index contributed by atoms with van der Waals surface area (Å²) in [5.41, 5.74) is 2.70. The highest BCUT2D eigenvalue weighted by molar-refractivity contribution is 7.92. The highest BCUT2D eigenvalue weighted by Gasteiger charge is 2.22. The summed E-state index contributed by atoms with van der Waals surface area (Å²) in [5.74, 6) is 0.453. The van der Waals surface area contributed by atoms with Crippen LogP contribution in [-0.4, -0.2) is 18.2 Å². The summed E-state index contributed by atoms with van der Waals surface area (Å²) in [6.07, 6.45) is 2.94. The van der Waals surface area contributed by atoms with E-state index >= 15 is 0 Å². The van der Waals surface area contributed by atoms with Crippen LogP contribution in [0.5, 0.6) is 0 Å². The maximum absolute atomic E-state index is 12.7. The van der Waals surface area contributed by atoms with E-state index in [1.54, 1.807) is 10.9 Å². The maximum atomic E-state index is 12.7. The fraction of sp³-hybridized carbons (Fsp3) is 0.471. The Hall–Kier alpha value is -1.82. The van der Waals surface area contributed by atoms with E-state index < -0.39 is 10.0 Å². The van der Waals surface area contributed by atoms with Crippen molar-refractivity contribution in [2.75, 3.05) is 4.72 Å². The molecule has 1 heterocycles.